The number of carbonyl (C=O) groups excluding carboxylic acids is 1. The minimum atomic E-state index is -0.0816. The first-order valence-corrected chi connectivity index (χ1v) is 2.78. The molecule has 0 aliphatic heterocycles. The highest BCUT2D eigenvalue weighted by atomic mass is 16.1. The van der Waals surface area contributed by atoms with Crippen molar-refractivity contribution in [1.82, 2.24) is 10.6 Å². The molecule has 0 atom stereocenters. The minimum Gasteiger partial charge on any atom is -0.391 e. The van der Waals surface area contributed by atoms with E-state index >= 15 is 0 Å². The van der Waals surface area contributed by atoms with Gasteiger partial charge in [-0.25, -0.2) is 0 Å². The highest BCUT2D eigenvalue weighted by Gasteiger charge is 1.89. The van der Waals surface area contributed by atoms with Gasteiger partial charge in [0.1, 0.15) is 0 Å². The highest BCUT2D eigenvalue weighted by Crippen LogP contribution is 1.81. The summed E-state index contributed by atoms with van der Waals surface area (Å²) in [5.74, 6) is -0.0816. The number of nitrogens with one attached hydrogen (secondary N) is 2. The number of likely N-dealkylation sites (N-methyl/N-ethyl adjacent to an activating group) is 1. The van der Waals surface area contributed by atoms with Gasteiger partial charge >= 0.3 is 0 Å². The molecule has 0 aromatic carbocycles. The molecule has 3 heteroatoms. The predicted molar refractivity (Wildman–Crippen MR) is 36.9 cm³/mol. The third-order valence-corrected chi connectivity index (χ3v) is 0.988. The summed E-state index contributed by atoms with van der Waals surface area (Å²) in [4.78, 5) is 10.6. The van der Waals surface area contributed by atoms with Gasteiger partial charge in [-0.05, 0) is 6.92 Å². The summed E-state index contributed by atoms with van der Waals surface area (Å²) in [5.41, 5.74) is 0.856. The van der Waals surface area contributed by atoms with E-state index in [2.05, 4.69) is 10.6 Å². The van der Waals surface area contributed by atoms with Crippen LogP contribution in [0.15, 0.2) is 11.8 Å². The first-order valence-electron chi connectivity index (χ1n) is 2.78. The van der Waals surface area contributed by atoms with Crippen molar-refractivity contribution in [2.75, 3.05) is 14.1 Å². The second-order valence-electron chi connectivity index (χ2n) is 1.69. The van der Waals surface area contributed by atoms with Crippen molar-refractivity contribution >= 4 is 5.91 Å². The molecule has 0 saturated heterocycles. The van der Waals surface area contributed by atoms with Crippen molar-refractivity contribution in [3.05, 3.63) is 11.8 Å². The molecule has 0 aliphatic rings. The molecule has 0 bridgehead atoms. The Morgan fingerprint density at radius 3 is 2.22 bits per heavy atom. The molecule has 0 spiro atoms. The monoisotopic (exact) mass is 128 g/mol. The maximum Gasteiger partial charge on any atom is 0.245 e. The second-order valence-corrected chi connectivity index (χ2v) is 1.69. The average molecular weight is 128 g/mol. The molecule has 0 aliphatic carbocycles. The lowest BCUT2D eigenvalue weighted by molar-refractivity contribution is -0.116. The number of hydrogen-bond donors (Lipinski definition) is 2. The quantitative estimate of drug-likeness (QED) is 0.508. The number of hydrogen-bond acceptors (Lipinski definition) is 2. The van der Waals surface area contributed by atoms with Gasteiger partial charge in [0.05, 0.1) is 0 Å². The fourth-order valence-corrected chi connectivity index (χ4v) is 0.341. The van der Waals surface area contributed by atoms with Crippen molar-refractivity contribution in [2.24, 2.45) is 0 Å². The van der Waals surface area contributed by atoms with Crippen molar-refractivity contribution in [3.63, 3.8) is 0 Å². The van der Waals surface area contributed by atoms with Crippen LogP contribution in [0.4, 0.5) is 0 Å². The van der Waals surface area contributed by atoms with E-state index in [1.807, 2.05) is 6.92 Å². The molecule has 0 rings (SSSR count). The first kappa shape index (κ1) is 8.01. The van der Waals surface area contributed by atoms with Gasteiger partial charge in [-0.2, -0.15) is 0 Å². The summed E-state index contributed by atoms with van der Waals surface area (Å²) in [7, 11) is 3.37. The van der Waals surface area contributed by atoms with E-state index in [4.69, 9.17) is 0 Å². The number of rotatable bonds is 2. The Morgan fingerprint density at radius 1 is 1.33 bits per heavy atom. The summed E-state index contributed by atoms with van der Waals surface area (Å²) in [5, 5.41) is 5.31. The molecule has 52 valence electrons. The van der Waals surface area contributed by atoms with Gasteiger partial charge in [0.25, 0.3) is 0 Å². The number of carbonyl (C=O) groups is 1. The van der Waals surface area contributed by atoms with E-state index in [0.717, 1.165) is 5.70 Å². The number of allylic oxidation sites excluding steroid dienone is 1. The van der Waals surface area contributed by atoms with Crippen LogP contribution in [-0.2, 0) is 4.79 Å². The fraction of sp³-hybridized carbons (Fsp3) is 0.500. The van der Waals surface area contributed by atoms with Gasteiger partial charge < -0.3 is 10.6 Å². The molecule has 0 fully saturated rings. The second kappa shape index (κ2) is 3.95. The van der Waals surface area contributed by atoms with Crippen LogP contribution in [-0.4, -0.2) is 20.0 Å². The SMILES string of the molecule is CNC(=O)C=C(C)NC. The van der Waals surface area contributed by atoms with Crippen molar-refractivity contribution in [3.8, 4) is 0 Å². The summed E-state index contributed by atoms with van der Waals surface area (Å²) in [6, 6.07) is 0. The zero-order chi connectivity index (χ0) is 7.28. The molecule has 0 aromatic rings. The predicted octanol–water partition coefficient (Wildman–Crippen LogP) is -0.144. The van der Waals surface area contributed by atoms with Gasteiger partial charge in [-0.1, -0.05) is 0 Å². The lowest BCUT2D eigenvalue weighted by Gasteiger charge is -1.96. The maximum absolute atomic E-state index is 10.6. The first-order chi connectivity index (χ1) is 4.20. The zero-order valence-electron chi connectivity index (χ0n) is 5.99. The highest BCUT2D eigenvalue weighted by molar-refractivity contribution is 5.87. The average Bonchev–Trinajstić information content (AvgIpc) is 1.87. The molecular weight excluding hydrogens is 116 g/mol. The smallest absolute Gasteiger partial charge is 0.245 e. The van der Waals surface area contributed by atoms with Crippen LogP contribution in [0.3, 0.4) is 0 Å². The molecule has 3 nitrogen and oxygen atoms in total. The molecule has 0 unspecified atom stereocenters. The van der Waals surface area contributed by atoms with E-state index in [9.17, 15) is 4.79 Å². The molecule has 1 amide bonds. The van der Waals surface area contributed by atoms with E-state index in [1.54, 1.807) is 14.1 Å². The Kier molecular flexibility index (Phi) is 3.51. The molecular formula is C6H12N2O. The Morgan fingerprint density at radius 2 is 1.89 bits per heavy atom. The van der Waals surface area contributed by atoms with Gasteiger partial charge in [0.15, 0.2) is 0 Å². The normalized spacial score (nSPS) is 10.8. The van der Waals surface area contributed by atoms with E-state index in [-0.39, 0.29) is 5.91 Å². The van der Waals surface area contributed by atoms with Crippen molar-refractivity contribution in [1.29, 1.82) is 0 Å². The molecule has 0 heterocycles. The topological polar surface area (TPSA) is 41.1 Å². The van der Waals surface area contributed by atoms with E-state index in [1.165, 1.54) is 6.08 Å². The van der Waals surface area contributed by atoms with Crippen LogP contribution >= 0.6 is 0 Å². The Hall–Kier alpha value is -0.990. The third-order valence-electron chi connectivity index (χ3n) is 0.988. The lowest BCUT2D eigenvalue weighted by Crippen LogP contribution is -2.16. The zero-order valence-corrected chi connectivity index (χ0v) is 5.99. The van der Waals surface area contributed by atoms with E-state index < -0.39 is 0 Å². The lowest BCUT2D eigenvalue weighted by atomic mass is 10.4. The summed E-state index contributed by atoms with van der Waals surface area (Å²) < 4.78 is 0. The minimum absolute atomic E-state index is 0.0816. The van der Waals surface area contributed by atoms with Crippen LogP contribution < -0.4 is 10.6 Å². The van der Waals surface area contributed by atoms with Crippen LogP contribution in [0.2, 0.25) is 0 Å². The van der Waals surface area contributed by atoms with E-state index in [0.29, 0.717) is 0 Å². The van der Waals surface area contributed by atoms with Crippen LogP contribution in [0, 0.1) is 0 Å². The largest absolute Gasteiger partial charge is 0.391 e. The Balaban J connectivity index is 3.79. The van der Waals surface area contributed by atoms with Crippen molar-refractivity contribution in [2.45, 2.75) is 6.92 Å². The summed E-state index contributed by atoms with van der Waals surface area (Å²) in [6.07, 6.45) is 1.50. The molecule has 9 heavy (non-hydrogen) atoms. The Labute approximate surface area is 55.1 Å². The van der Waals surface area contributed by atoms with Crippen LogP contribution in [0.25, 0.3) is 0 Å². The van der Waals surface area contributed by atoms with Crippen LogP contribution in [0.5, 0.6) is 0 Å². The maximum atomic E-state index is 10.6. The van der Waals surface area contributed by atoms with Crippen molar-refractivity contribution < 1.29 is 4.79 Å². The van der Waals surface area contributed by atoms with Gasteiger partial charge in [-0.15, -0.1) is 0 Å². The standard InChI is InChI=1S/C6H12N2O/c1-5(7-2)4-6(9)8-3/h4,7H,1-3H3,(H,8,9). The Bertz CT molecular complexity index is 129. The summed E-state index contributed by atoms with van der Waals surface area (Å²) in [6.45, 7) is 1.83. The number of amides is 1. The van der Waals surface area contributed by atoms with Gasteiger partial charge in [-0.3, -0.25) is 4.79 Å². The molecule has 0 aromatic heterocycles. The van der Waals surface area contributed by atoms with Gasteiger partial charge in [0.2, 0.25) is 5.91 Å². The summed E-state index contributed by atoms with van der Waals surface area (Å²) >= 11 is 0. The fourth-order valence-electron chi connectivity index (χ4n) is 0.341. The molecule has 0 radical (unpaired) electrons. The molecule has 0 saturated carbocycles. The third kappa shape index (κ3) is 3.58. The molecule has 2 N–H and O–H groups in total. The van der Waals surface area contributed by atoms with Crippen LogP contribution in [0.1, 0.15) is 6.92 Å². The van der Waals surface area contributed by atoms with Gasteiger partial charge in [0, 0.05) is 25.9 Å².